The molecule has 0 bridgehead atoms. The first kappa shape index (κ1) is 18.8. The van der Waals surface area contributed by atoms with E-state index in [1.54, 1.807) is 24.3 Å². The van der Waals surface area contributed by atoms with Crippen molar-refractivity contribution in [2.75, 3.05) is 50.1 Å². The molecule has 1 aromatic carbocycles. The highest BCUT2D eigenvalue weighted by molar-refractivity contribution is 6.07. The molecule has 1 aliphatic rings. The molecule has 0 atom stereocenters. The summed E-state index contributed by atoms with van der Waals surface area (Å²) in [4.78, 5) is 37.4. The minimum Gasteiger partial charge on any atom is -0.465 e. The Morgan fingerprint density at radius 2 is 1.78 bits per heavy atom. The van der Waals surface area contributed by atoms with Crippen LogP contribution in [-0.4, -0.2) is 66.6 Å². The van der Waals surface area contributed by atoms with Gasteiger partial charge in [0, 0.05) is 38.6 Å². The molecule has 1 amide bonds. The third-order valence-electron chi connectivity index (χ3n) is 4.58. The molecule has 1 saturated heterocycles. The molecule has 142 valence electrons. The minimum atomic E-state index is -0.510. The number of methoxy groups -OCH3 is 1. The summed E-state index contributed by atoms with van der Waals surface area (Å²) in [7, 11) is 1.30. The van der Waals surface area contributed by atoms with Crippen molar-refractivity contribution < 1.29 is 14.3 Å². The topological polar surface area (TPSA) is 87.7 Å². The van der Waals surface area contributed by atoms with Crippen LogP contribution in [-0.2, 0) is 4.74 Å². The van der Waals surface area contributed by atoms with E-state index in [1.165, 1.54) is 19.5 Å². The van der Waals surface area contributed by atoms with E-state index in [0.29, 0.717) is 22.8 Å². The van der Waals surface area contributed by atoms with Crippen molar-refractivity contribution in [3.8, 4) is 0 Å². The first-order chi connectivity index (χ1) is 13.1. The molecule has 1 fully saturated rings. The van der Waals surface area contributed by atoms with Crippen LogP contribution in [0.3, 0.4) is 0 Å². The first-order valence-electron chi connectivity index (χ1n) is 8.90. The van der Waals surface area contributed by atoms with Gasteiger partial charge < -0.3 is 19.9 Å². The Balaban J connectivity index is 1.67. The number of esters is 1. The third kappa shape index (κ3) is 4.40. The molecule has 0 radical (unpaired) electrons. The predicted molar refractivity (Wildman–Crippen MR) is 102 cm³/mol. The second kappa shape index (κ2) is 8.59. The standard InChI is InChI=1S/C19H23N5O3/c1-3-23-8-10-24(11-9-23)19-20-12-14(13-21-19)17(25)22-16-7-5-4-6-15(16)18(26)27-2/h4-7,12-13H,3,8-11H2,1-2H3,(H,22,25). The largest absolute Gasteiger partial charge is 0.465 e. The Morgan fingerprint density at radius 1 is 1.11 bits per heavy atom. The molecule has 8 nitrogen and oxygen atoms in total. The van der Waals surface area contributed by atoms with Gasteiger partial charge in [0.25, 0.3) is 5.91 Å². The SMILES string of the molecule is CCN1CCN(c2ncc(C(=O)Nc3ccccc3C(=O)OC)cn2)CC1. The lowest BCUT2D eigenvalue weighted by Crippen LogP contribution is -2.46. The highest BCUT2D eigenvalue weighted by Gasteiger charge is 2.19. The number of amides is 1. The summed E-state index contributed by atoms with van der Waals surface area (Å²) < 4.78 is 4.74. The average Bonchev–Trinajstić information content (AvgIpc) is 2.73. The van der Waals surface area contributed by atoms with E-state index in [0.717, 1.165) is 32.7 Å². The number of likely N-dealkylation sites (N-methyl/N-ethyl adjacent to an activating group) is 1. The maximum atomic E-state index is 12.5. The maximum absolute atomic E-state index is 12.5. The fourth-order valence-corrected chi connectivity index (χ4v) is 2.94. The maximum Gasteiger partial charge on any atom is 0.339 e. The number of anilines is 2. The van der Waals surface area contributed by atoms with Gasteiger partial charge in [0.15, 0.2) is 0 Å². The number of hydrogen-bond donors (Lipinski definition) is 1. The minimum absolute atomic E-state index is 0.291. The normalized spacial score (nSPS) is 14.7. The summed E-state index contributed by atoms with van der Waals surface area (Å²) in [6.07, 6.45) is 3.01. The molecule has 0 saturated carbocycles. The number of rotatable bonds is 5. The number of aromatic nitrogens is 2. The van der Waals surface area contributed by atoms with Gasteiger partial charge in [-0.3, -0.25) is 4.79 Å². The number of benzene rings is 1. The smallest absolute Gasteiger partial charge is 0.339 e. The Bertz CT molecular complexity index is 801. The van der Waals surface area contributed by atoms with Crippen molar-refractivity contribution in [2.45, 2.75) is 6.92 Å². The first-order valence-corrected chi connectivity index (χ1v) is 8.90. The van der Waals surface area contributed by atoms with Gasteiger partial charge in [-0.05, 0) is 18.7 Å². The molecule has 0 aliphatic carbocycles. The number of nitrogens with one attached hydrogen (secondary N) is 1. The lowest BCUT2D eigenvalue weighted by atomic mass is 10.1. The van der Waals surface area contributed by atoms with Crippen LogP contribution < -0.4 is 10.2 Å². The van der Waals surface area contributed by atoms with Crippen molar-refractivity contribution in [2.24, 2.45) is 0 Å². The molecule has 1 N–H and O–H groups in total. The van der Waals surface area contributed by atoms with Crippen LogP contribution in [0.2, 0.25) is 0 Å². The van der Waals surface area contributed by atoms with Gasteiger partial charge in [0.05, 0.1) is 23.9 Å². The van der Waals surface area contributed by atoms with Gasteiger partial charge in [-0.1, -0.05) is 19.1 Å². The Kier molecular flexibility index (Phi) is 5.97. The van der Waals surface area contributed by atoms with Crippen molar-refractivity contribution in [3.63, 3.8) is 0 Å². The molecule has 0 spiro atoms. The van der Waals surface area contributed by atoms with Crippen LogP contribution in [0.5, 0.6) is 0 Å². The lowest BCUT2D eigenvalue weighted by molar-refractivity contribution is 0.0602. The summed E-state index contributed by atoms with van der Waals surface area (Å²) in [5.74, 6) is -0.269. The Labute approximate surface area is 158 Å². The van der Waals surface area contributed by atoms with Crippen LogP contribution in [0.15, 0.2) is 36.7 Å². The molecular formula is C19H23N5O3. The number of para-hydroxylation sites is 1. The highest BCUT2D eigenvalue weighted by Crippen LogP contribution is 2.17. The van der Waals surface area contributed by atoms with Crippen LogP contribution in [0.1, 0.15) is 27.6 Å². The van der Waals surface area contributed by atoms with Crippen LogP contribution in [0, 0.1) is 0 Å². The fourth-order valence-electron chi connectivity index (χ4n) is 2.94. The van der Waals surface area contributed by atoms with Gasteiger partial charge >= 0.3 is 5.97 Å². The molecule has 0 unspecified atom stereocenters. The molecule has 2 aromatic rings. The van der Waals surface area contributed by atoms with E-state index in [1.807, 2.05) is 0 Å². The molecule has 1 aliphatic heterocycles. The third-order valence-corrected chi connectivity index (χ3v) is 4.58. The summed E-state index contributed by atoms with van der Waals surface area (Å²) >= 11 is 0. The van der Waals surface area contributed by atoms with Gasteiger partial charge in [-0.2, -0.15) is 0 Å². The summed E-state index contributed by atoms with van der Waals surface area (Å²) in [6, 6.07) is 6.68. The number of carbonyl (C=O) groups is 2. The zero-order valence-electron chi connectivity index (χ0n) is 15.5. The second-order valence-corrected chi connectivity index (χ2v) is 6.18. The average molecular weight is 369 g/mol. The Morgan fingerprint density at radius 3 is 2.41 bits per heavy atom. The van der Waals surface area contributed by atoms with Gasteiger partial charge in [-0.25, -0.2) is 14.8 Å². The van der Waals surface area contributed by atoms with Gasteiger partial charge in [0.1, 0.15) is 0 Å². The number of nitrogens with zero attached hydrogens (tertiary/aromatic N) is 4. The Hall–Kier alpha value is -3.00. The van der Waals surface area contributed by atoms with E-state index in [2.05, 4.69) is 32.0 Å². The molecule has 8 heteroatoms. The summed E-state index contributed by atoms with van der Waals surface area (Å²) in [6.45, 7) is 6.88. The zero-order chi connectivity index (χ0) is 19.2. The van der Waals surface area contributed by atoms with E-state index in [4.69, 9.17) is 4.74 Å². The molecule has 27 heavy (non-hydrogen) atoms. The van der Waals surface area contributed by atoms with E-state index < -0.39 is 5.97 Å². The van der Waals surface area contributed by atoms with Crippen LogP contribution in [0.25, 0.3) is 0 Å². The second-order valence-electron chi connectivity index (χ2n) is 6.18. The van der Waals surface area contributed by atoms with Crippen molar-refractivity contribution in [1.29, 1.82) is 0 Å². The molecule has 3 rings (SSSR count). The fraction of sp³-hybridized carbons (Fsp3) is 0.368. The highest BCUT2D eigenvalue weighted by atomic mass is 16.5. The summed E-state index contributed by atoms with van der Waals surface area (Å²) in [5.41, 5.74) is 0.999. The lowest BCUT2D eigenvalue weighted by Gasteiger charge is -2.33. The predicted octanol–water partition coefficient (Wildman–Crippen LogP) is 1.66. The van der Waals surface area contributed by atoms with E-state index >= 15 is 0 Å². The van der Waals surface area contributed by atoms with Crippen LogP contribution >= 0.6 is 0 Å². The quantitative estimate of drug-likeness (QED) is 0.802. The van der Waals surface area contributed by atoms with Crippen LogP contribution in [0.4, 0.5) is 11.6 Å². The number of carbonyl (C=O) groups excluding carboxylic acids is 2. The number of hydrogen-bond acceptors (Lipinski definition) is 7. The van der Waals surface area contributed by atoms with Crippen molar-refractivity contribution in [3.05, 3.63) is 47.8 Å². The summed E-state index contributed by atoms with van der Waals surface area (Å²) in [5, 5.41) is 2.71. The zero-order valence-corrected chi connectivity index (χ0v) is 15.5. The van der Waals surface area contributed by atoms with E-state index in [-0.39, 0.29) is 5.91 Å². The van der Waals surface area contributed by atoms with Crippen molar-refractivity contribution in [1.82, 2.24) is 14.9 Å². The monoisotopic (exact) mass is 369 g/mol. The molecular weight excluding hydrogens is 346 g/mol. The molecule has 1 aromatic heterocycles. The van der Waals surface area contributed by atoms with Gasteiger partial charge in [0.2, 0.25) is 5.95 Å². The van der Waals surface area contributed by atoms with Crippen molar-refractivity contribution >= 4 is 23.5 Å². The van der Waals surface area contributed by atoms with E-state index in [9.17, 15) is 9.59 Å². The molecule has 2 heterocycles. The number of piperazine rings is 1. The number of ether oxygens (including phenoxy) is 1. The van der Waals surface area contributed by atoms with Gasteiger partial charge in [-0.15, -0.1) is 0 Å².